The molecule has 0 bridgehead atoms. The van der Waals surface area contributed by atoms with Crippen LogP contribution in [0.5, 0.6) is 0 Å². The molecule has 0 radical (unpaired) electrons. The highest BCUT2D eigenvalue weighted by Gasteiger charge is 2.46. The number of amides is 3. The second kappa shape index (κ2) is 7.52. The van der Waals surface area contributed by atoms with Crippen LogP contribution >= 0.6 is 15.9 Å². The predicted octanol–water partition coefficient (Wildman–Crippen LogP) is 2.97. The van der Waals surface area contributed by atoms with E-state index in [0.717, 1.165) is 10.0 Å². The average molecular weight is 405 g/mol. The number of imide groups is 1. The minimum absolute atomic E-state index is 0.127. The molecule has 1 aromatic carbocycles. The van der Waals surface area contributed by atoms with Crippen molar-refractivity contribution in [2.75, 3.05) is 6.54 Å². The van der Waals surface area contributed by atoms with Crippen molar-refractivity contribution >= 4 is 33.7 Å². The molecule has 3 amide bonds. The highest BCUT2D eigenvalue weighted by molar-refractivity contribution is 9.10. The van der Waals surface area contributed by atoms with Crippen LogP contribution in [0.25, 0.3) is 0 Å². The zero-order valence-corrected chi connectivity index (χ0v) is 15.7. The van der Waals surface area contributed by atoms with Crippen molar-refractivity contribution in [1.82, 2.24) is 10.2 Å². The fourth-order valence-electron chi connectivity index (χ4n) is 3.45. The Morgan fingerprint density at radius 1 is 1.16 bits per heavy atom. The first-order chi connectivity index (χ1) is 12.0. The van der Waals surface area contributed by atoms with Gasteiger partial charge >= 0.3 is 0 Å². The second-order valence-corrected chi connectivity index (χ2v) is 7.49. The standard InChI is InChI=1S/C19H21BrN2O3/c1-12(13-6-8-14(20)9-7-13)21-17(23)10-11-22-18(24)15-4-2-3-5-16(15)19(22)25/h2-3,6-9,12,15-16H,4-5,10-11H2,1H3,(H,21,23)/t12-,15+,16+/m1/s1. The summed E-state index contributed by atoms with van der Waals surface area (Å²) in [5, 5.41) is 2.92. The van der Waals surface area contributed by atoms with Gasteiger partial charge in [-0.2, -0.15) is 0 Å². The normalized spacial score (nSPS) is 23.5. The van der Waals surface area contributed by atoms with E-state index in [1.165, 1.54) is 4.90 Å². The number of rotatable bonds is 5. The van der Waals surface area contributed by atoms with Gasteiger partial charge < -0.3 is 5.32 Å². The van der Waals surface area contributed by atoms with Gasteiger partial charge in [-0.05, 0) is 37.5 Å². The number of hydrogen-bond donors (Lipinski definition) is 1. The van der Waals surface area contributed by atoms with Crippen molar-refractivity contribution < 1.29 is 14.4 Å². The number of halogens is 1. The monoisotopic (exact) mass is 404 g/mol. The summed E-state index contributed by atoms with van der Waals surface area (Å²) in [6, 6.07) is 7.61. The van der Waals surface area contributed by atoms with E-state index in [1.54, 1.807) is 0 Å². The topological polar surface area (TPSA) is 66.5 Å². The molecule has 1 aromatic rings. The number of likely N-dealkylation sites (tertiary alicyclic amines) is 1. The number of benzene rings is 1. The maximum atomic E-state index is 12.4. The van der Waals surface area contributed by atoms with Gasteiger partial charge in [0, 0.05) is 17.4 Å². The summed E-state index contributed by atoms with van der Waals surface area (Å²) in [4.78, 5) is 38.2. The molecule has 3 atom stereocenters. The summed E-state index contributed by atoms with van der Waals surface area (Å²) >= 11 is 3.38. The van der Waals surface area contributed by atoms with E-state index < -0.39 is 0 Å². The Morgan fingerprint density at radius 3 is 2.28 bits per heavy atom. The first-order valence-corrected chi connectivity index (χ1v) is 9.31. The molecule has 132 valence electrons. The Labute approximate surface area is 155 Å². The van der Waals surface area contributed by atoms with E-state index >= 15 is 0 Å². The van der Waals surface area contributed by atoms with Crippen molar-refractivity contribution in [1.29, 1.82) is 0 Å². The van der Waals surface area contributed by atoms with Crippen LogP contribution in [-0.4, -0.2) is 29.2 Å². The van der Waals surface area contributed by atoms with Gasteiger partial charge in [-0.1, -0.05) is 40.2 Å². The first-order valence-electron chi connectivity index (χ1n) is 8.52. The lowest BCUT2D eigenvalue weighted by molar-refractivity contribution is -0.140. The van der Waals surface area contributed by atoms with E-state index in [4.69, 9.17) is 0 Å². The van der Waals surface area contributed by atoms with Crippen LogP contribution in [0.15, 0.2) is 40.9 Å². The Kier molecular flexibility index (Phi) is 5.37. The minimum Gasteiger partial charge on any atom is -0.350 e. The van der Waals surface area contributed by atoms with E-state index in [2.05, 4.69) is 21.2 Å². The molecule has 1 aliphatic carbocycles. The first kappa shape index (κ1) is 17.9. The van der Waals surface area contributed by atoms with Crippen LogP contribution < -0.4 is 5.32 Å². The summed E-state index contributed by atoms with van der Waals surface area (Å²) < 4.78 is 0.983. The molecule has 5 nitrogen and oxygen atoms in total. The lowest BCUT2D eigenvalue weighted by atomic mass is 9.85. The van der Waals surface area contributed by atoms with Gasteiger partial charge in [0.1, 0.15) is 0 Å². The van der Waals surface area contributed by atoms with Gasteiger partial charge in [0.25, 0.3) is 0 Å². The summed E-state index contributed by atoms with van der Waals surface area (Å²) in [6.07, 6.45) is 5.30. The molecule has 1 fully saturated rings. The van der Waals surface area contributed by atoms with Crippen LogP contribution in [0, 0.1) is 11.8 Å². The fourth-order valence-corrected chi connectivity index (χ4v) is 3.72. The molecule has 0 spiro atoms. The highest BCUT2D eigenvalue weighted by atomic mass is 79.9. The molecule has 0 saturated carbocycles. The number of fused-ring (bicyclic) bond motifs is 1. The third-order valence-electron chi connectivity index (χ3n) is 4.91. The molecule has 0 unspecified atom stereocenters. The summed E-state index contributed by atoms with van der Waals surface area (Å²) in [6.45, 7) is 2.07. The van der Waals surface area contributed by atoms with E-state index in [1.807, 2.05) is 43.3 Å². The van der Waals surface area contributed by atoms with E-state index in [0.29, 0.717) is 12.8 Å². The third-order valence-corrected chi connectivity index (χ3v) is 5.44. The fraction of sp³-hybridized carbons (Fsp3) is 0.421. The summed E-state index contributed by atoms with van der Waals surface area (Å²) in [5.41, 5.74) is 1.00. The SMILES string of the molecule is C[C@@H](NC(=O)CCN1C(=O)[C@H]2CC=CC[C@@H]2C1=O)c1ccc(Br)cc1. The number of nitrogens with one attached hydrogen (secondary N) is 1. The van der Waals surface area contributed by atoms with Gasteiger partial charge in [-0.25, -0.2) is 0 Å². The average Bonchev–Trinajstić information content (AvgIpc) is 2.85. The van der Waals surface area contributed by atoms with Gasteiger partial charge in [0.15, 0.2) is 0 Å². The van der Waals surface area contributed by atoms with E-state index in [-0.39, 0.29) is 48.6 Å². The lowest BCUT2D eigenvalue weighted by Crippen LogP contribution is -2.36. The van der Waals surface area contributed by atoms with E-state index in [9.17, 15) is 14.4 Å². The van der Waals surface area contributed by atoms with Crippen molar-refractivity contribution in [3.63, 3.8) is 0 Å². The maximum Gasteiger partial charge on any atom is 0.233 e. The minimum atomic E-state index is -0.234. The van der Waals surface area contributed by atoms with Crippen LogP contribution in [-0.2, 0) is 14.4 Å². The molecular weight excluding hydrogens is 384 g/mol. The highest BCUT2D eigenvalue weighted by Crippen LogP contribution is 2.35. The third kappa shape index (κ3) is 3.84. The summed E-state index contributed by atoms with van der Waals surface area (Å²) in [5.74, 6) is -0.894. The number of nitrogens with zero attached hydrogens (tertiary/aromatic N) is 1. The predicted molar refractivity (Wildman–Crippen MR) is 97.4 cm³/mol. The van der Waals surface area contributed by atoms with Crippen LogP contribution in [0.3, 0.4) is 0 Å². The molecular formula is C19H21BrN2O3. The number of hydrogen-bond acceptors (Lipinski definition) is 3. The molecule has 3 rings (SSSR count). The zero-order chi connectivity index (χ0) is 18.0. The number of carbonyl (C=O) groups excluding carboxylic acids is 3. The smallest absolute Gasteiger partial charge is 0.233 e. The van der Waals surface area contributed by atoms with Crippen LogP contribution in [0.1, 0.15) is 37.8 Å². The lowest BCUT2D eigenvalue weighted by Gasteiger charge is -2.17. The second-order valence-electron chi connectivity index (χ2n) is 6.57. The molecule has 2 aliphatic rings. The van der Waals surface area contributed by atoms with Crippen molar-refractivity contribution in [2.24, 2.45) is 11.8 Å². The largest absolute Gasteiger partial charge is 0.350 e. The van der Waals surface area contributed by atoms with Crippen molar-refractivity contribution in [3.8, 4) is 0 Å². The van der Waals surface area contributed by atoms with Gasteiger partial charge in [-0.3, -0.25) is 19.3 Å². The van der Waals surface area contributed by atoms with Crippen LogP contribution in [0.2, 0.25) is 0 Å². The number of allylic oxidation sites excluding steroid dienone is 2. The molecule has 0 aromatic heterocycles. The Hall–Kier alpha value is -1.95. The Balaban J connectivity index is 1.53. The van der Waals surface area contributed by atoms with Crippen molar-refractivity contribution in [3.05, 3.63) is 46.5 Å². The van der Waals surface area contributed by atoms with Crippen LogP contribution in [0.4, 0.5) is 0 Å². The molecule has 1 aliphatic heterocycles. The maximum absolute atomic E-state index is 12.4. The number of carbonyl (C=O) groups is 3. The summed E-state index contributed by atoms with van der Waals surface area (Å²) in [7, 11) is 0. The Morgan fingerprint density at radius 2 is 1.72 bits per heavy atom. The quantitative estimate of drug-likeness (QED) is 0.605. The van der Waals surface area contributed by atoms with Gasteiger partial charge in [-0.15, -0.1) is 0 Å². The molecule has 6 heteroatoms. The molecule has 1 heterocycles. The molecule has 25 heavy (non-hydrogen) atoms. The van der Waals surface area contributed by atoms with Crippen molar-refractivity contribution in [2.45, 2.75) is 32.2 Å². The molecule has 1 N–H and O–H groups in total. The van der Waals surface area contributed by atoms with Gasteiger partial charge in [0.2, 0.25) is 17.7 Å². The van der Waals surface area contributed by atoms with Gasteiger partial charge in [0.05, 0.1) is 17.9 Å². The zero-order valence-electron chi connectivity index (χ0n) is 14.1. The molecule has 1 saturated heterocycles. The Bertz CT molecular complexity index is 688.